The molecule has 0 radical (unpaired) electrons. The highest BCUT2D eigenvalue weighted by Crippen LogP contribution is 2.32. The van der Waals surface area contributed by atoms with E-state index in [0.29, 0.717) is 6.61 Å². The van der Waals surface area contributed by atoms with Gasteiger partial charge in [-0.25, -0.2) is 4.79 Å². The summed E-state index contributed by atoms with van der Waals surface area (Å²) in [5.74, 6) is 0.289. The van der Waals surface area contributed by atoms with Crippen molar-refractivity contribution in [2.75, 3.05) is 13.7 Å². The van der Waals surface area contributed by atoms with Crippen LogP contribution in [0.25, 0.3) is 0 Å². The molecule has 1 N–H and O–H groups in total. The van der Waals surface area contributed by atoms with Gasteiger partial charge in [0.1, 0.15) is 0 Å². The molecule has 1 rings (SSSR count). The maximum absolute atomic E-state index is 11.7. The van der Waals surface area contributed by atoms with E-state index in [9.17, 15) is 9.90 Å². The molecule has 0 bridgehead atoms. The Morgan fingerprint density at radius 2 is 1.95 bits per heavy atom. The van der Waals surface area contributed by atoms with Crippen LogP contribution in [0.4, 0.5) is 4.79 Å². The molecular weight excluding hydrogens is 381 g/mol. The second-order valence-electron chi connectivity index (χ2n) is 5.62. The Bertz CT molecular complexity index is 465. The van der Waals surface area contributed by atoms with Gasteiger partial charge >= 0.3 is 6.09 Å². The molecule has 1 aromatic carbocycles. The number of carbonyl (C=O) groups is 1. The summed E-state index contributed by atoms with van der Waals surface area (Å²) in [7, 11) is 1.68. The summed E-state index contributed by atoms with van der Waals surface area (Å²) in [6, 6.07) is 7.75. The number of halogens is 1. The molecule has 0 aliphatic carbocycles. The zero-order valence-corrected chi connectivity index (χ0v) is 15.2. The molecule has 0 saturated heterocycles. The van der Waals surface area contributed by atoms with Crippen LogP contribution in [0.5, 0.6) is 0 Å². The topological polar surface area (TPSA) is 49.8 Å². The van der Waals surface area contributed by atoms with Crippen LogP contribution in [0.15, 0.2) is 24.3 Å². The molecule has 0 heterocycles. The Kier molecular flexibility index (Phi) is 7.45. The van der Waals surface area contributed by atoms with E-state index in [1.165, 1.54) is 0 Å². The number of benzene rings is 1. The number of methoxy groups -OCH3 is 1. The van der Waals surface area contributed by atoms with E-state index < -0.39 is 6.09 Å². The van der Waals surface area contributed by atoms with Gasteiger partial charge in [-0.1, -0.05) is 25.1 Å². The first-order chi connectivity index (χ1) is 9.88. The third-order valence-corrected chi connectivity index (χ3v) is 4.44. The van der Waals surface area contributed by atoms with E-state index >= 15 is 0 Å². The fraction of sp³-hybridized carbons (Fsp3) is 0.562. The van der Waals surface area contributed by atoms with Crippen LogP contribution in [-0.4, -0.2) is 35.9 Å². The van der Waals surface area contributed by atoms with E-state index in [1.807, 2.05) is 38.1 Å². The first kappa shape index (κ1) is 18.2. The van der Waals surface area contributed by atoms with Crippen molar-refractivity contribution in [1.82, 2.24) is 4.90 Å². The number of hydrogen-bond acceptors (Lipinski definition) is 2. The summed E-state index contributed by atoms with van der Waals surface area (Å²) >= 11 is 2.27. The molecule has 1 amide bonds. The summed E-state index contributed by atoms with van der Waals surface area (Å²) in [4.78, 5) is 13.2. The van der Waals surface area contributed by atoms with Crippen molar-refractivity contribution >= 4 is 28.7 Å². The van der Waals surface area contributed by atoms with Gasteiger partial charge in [0.25, 0.3) is 0 Å². The van der Waals surface area contributed by atoms with Crippen LogP contribution < -0.4 is 0 Å². The highest BCUT2D eigenvalue weighted by atomic mass is 127. The minimum Gasteiger partial charge on any atom is -0.465 e. The first-order valence-corrected chi connectivity index (χ1v) is 8.21. The Labute approximate surface area is 140 Å². The Morgan fingerprint density at radius 3 is 2.43 bits per heavy atom. The zero-order valence-electron chi connectivity index (χ0n) is 13.0. The summed E-state index contributed by atoms with van der Waals surface area (Å²) in [5.41, 5.74) is 1.07. The monoisotopic (exact) mass is 405 g/mol. The lowest BCUT2D eigenvalue weighted by molar-refractivity contribution is 0.0857. The molecule has 5 heteroatoms. The molecule has 0 spiro atoms. The van der Waals surface area contributed by atoms with Gasteiger partial charge in [-0.15, -0.1) is 0 Å². The third kappa shape index (κ3) is 5.14. The van der Waals surface area contributed by atoms with E-state index in [4.69, 9.17) is 4.74 Å². The minimum atomic E-state index is -0.876. The third-order valence-electron chi connectivity index (χ3n) is 3.45. The largest absolute Gasteiger partial charge is 0.465 e. The second kappa shape index (κ2) is 8.58. The van der Waals surface area contributed by atoms with Crippen molar-refractivity contribution in [3.63, 3.8) is 0 Å². The molecule has 0 aromatic heterocycles. The lowest BCUT2D eigenvalue weighted by Crippen LogP contribution is -2.40. The predicted molar refractivity (Wildman–Crippen MR) is 92.6 cm³/mol. The van der Waals surface area contributed by atoms with Crippen LogP contribution in [0.2, 0.25) is 0 Å². The minimum absolute atomic E-state index is 0.0711. The first-order valence-electron chi connectivity index (χ1n) is 7.13. The molecule has 4 nitrogen and oxygen atoms in total. The quantitative estimate of drug-likeness (QED) is 0.685. The molecule has 0 fully saturated rings. The normalized spacial score (nSPS) is 14.0. The van der Waals surface area contributed by atoms with Gasteiger partial charge < -0.3 is 9.84 Å². The fourth-order valence-corrected chi connectivity index (χ4v) is 3.33. The van der Waals surface area contributed by atoms with Gasteiger partial charge in [-0.3, -0.25) is 4.90 Å². The number of rotatable bonds is 7. The molecular formula is C16H24INO3. The standard InChI is InChI=1S/C16H24INO3/c1-11(2)18(16(19)20)15(9-12(3)10-21-4)13-7-5-6-8-14(13)17/h5-8,11-12,15H,9-10H2,1-4H3,(H,19,20)/t12-,15-/m0/s1. The molecule has 0 saturated carbocycles. The van der Waals surface area contributed by atoms with E-state index in [2.05, 4.69) is 29.5 Å². The molecule has 2 atom stereocenters. The van der Waals surface area contributed by atoms with Crippen molar-refractivity contribution in [3.8, 4) is 0 Å². The Hall–Kier alpha value is -0.820. The Balaban J connectivity index is 3.16. The number of ether oxygens (including phenoxy) is 1. The summed E-state index contributed by atoms with van der Waals surface area (Å²) < 4.78 is 6.30. The predicted octanol–water partition coefficient (Wildman–Crippen LogP) is 4.39. The Morgan fingerprint density at radius 1 is 1.33 bits per heavy atom. The molecule has 118 valence electrons. The lowest BCUT2D eigenvalue weighted by atomic mass is 9.94. The lowest BCUT2D eigenvalue weighted by Gasteiger charge is -2.35. The van der Waals surface area contributed by atoms with Gasteiger partial charge in [-0.05, 0) is 60.4 Å². The van der Waals surface area contributed by atoms with Crippen LogP contribution in [-0.2, 0) is 4.74 Å². The van der Waals surface area contributed by atoms with Crippen LogP contribution in [0.3, 0.4) is 0 Å². The fourth-order valence-electron chi connectivity index (χ4n) is 2.58. The smallest absolute Gasteiger partial charge is 0.408 e. The molecule has 0 aliphatic heterocycles. The van der Waals surface area contributed by atoms with E-state index in [1.54, 1.807) is 12.0 Å². The van der Waals surface area contributed by atoms with Crippen LogP contribution >= 0.6 is 22.6 Å². The van der Waals surface area contributed by atoms with Crippen molar-refractivity contribution in [3.05, 3.63) is 33.4 Å². The number of carboxylic acid groups (broad SMARTS) is 1. The number of hydrogen-bond donors (Lipinski definition) is 1. The van der Waals surface area contributed by atoms with E-state index in [-0.39, 0.29) is 18.0 Å². The molecule has 0 unspecified atom stereocenters. The average molecular weight is 405 g/mol. The number of nitrogens with zero attached hydrogens (tertiary/aromatic N) is 1. The van der Waals surface area contributed by atoms with Crippen molar-refractivity contribution in [2.24, 2.45) is 5.92 Å². The molecule has 21 heavy (non-hydrogen) atoms. The summed E-state index contributed by atoms with van der Waals surface area (Å²) in [6.45, 7) is 6.55. The van der Waals surface area contributed by atoms with Gasteiger partial charge in [0.2, 0.25) is 0 Å². The van der Waals surface area contributed by atoms with E-state index in [0.717, 1.165) is 15.6 Å². The molecule has 0 aliphatic rings. The SMILES string of the molecule is COC[C@@H](C)C[C@@H](c1ccccc1I)N(C(=O)O)C(C)C. The number of amides is 1. The summed E-state index contributed by atoms with van der Waals surface area (Å²) in [6.07, 6.45) is -0.127. The molecule has 1 aromatic rings. The highest BCUT2D eigenvalue weighted by molar-refractivity contribution is 14.1. The van der Waals surface area contributed by atoms with Crippen molar-refractivity contribution in [2.45, 2.75) is 39.3 Å². The second-order valence-corrected chi connectivity index (χ2v) is 6.78. The van der Waals surface area contributed by atoms with Gasteiger partial charge in [-0.2, -0.15) is 0 Å². The van der Waals surface area contributed by atoms with Gasteiger partial charge in [0.05, 0.1) is 6.04 Å². The maximum atomic E-state index is 11.7. The van der Waals surface area contributed by atoms with Crippen molar-refractivity contribution < 1.29 is 14.6 Å². The summed E-state index contributed by atoms with van der Waals surface area (Å²) in [5, 5.41) is 9.60. The zero-order chi connectivity index (χ0) is 16.0. The van der Waals surface area contributed by atoms with Crippen LogP contribution in [0, 0.1) is 9.49 Å². The van der Waals surface area contributed by atoms with Gasteiger partial charge in [0.15, 0.2) is 0 Å². The maximum Gasteiger partial charge on any atom is 0.408 e. The highest BCUT2D eigenvalue weighted by Gasteiger charge is 2.29. The van der Waals surface area contributed by atoms with Crippen LogP contribution in [0.1, 0.15) is 38.8 Å². The average Bonchev–Trinajstić information content (AvgIpc) is 2.38. The van der Waals surface area contributed by atoms with Gasteiger partial charge in [0, 0.05) is 23.3 Å². The van der Waals surface area contributed by atoms with Crippen molar-refractivity contribution in [1.29, 1.82) is 0 Å².